The molecule has 5 rings (SSSR count). The summed E-state index contributed by atoms with van der Waals surface area (Å²) in [6.07, 6.45) is 5.67. The molecule has 3 aliphatic rings. The summed E-state index contributed by atoms with van der Waals surface area (Å²) in [5, 5.41) is 14.1. The Labute approximate surface area is 216 Å². The van der Waals surface area contributed by atoms with E-state index in [-0.39, 0.29) is 43.6 Å². The first-order chi connectivity index (χ1) is 17.2. The minimum absolute atomic E-state index is 0.0603. The van der Waals surface area contributed by atoms with Gasteiger partial charge in [0.15, 0.2) is 0 Å². The molecule has 6 nitrogen and oxygen atoms in total. The molecule has 2 aromatic heterocycles. The van der Waals surface area contributed by atoms with E-state index in [0.29, 0.717) is 24.0 Å². The number of amides is 1. The summed E-state index contributed by atoms with van der Waals surface area (Å²) in [6, 6.07) is 5.55. The second-order valence-electron chi connectivity index (χ2n) is 11.4. The molecular weight excluding hydrogens is 480 g/mol. The minimum atomic E-state index is -2.61. The monoisotopic (exact) mass is 519 g/mol. The van der Waals surface area contributed by atoms with Crippen LogP contribution in [-0.2, 0) is 4.79 Å². The number of aryl methyl sites for hydroxylation is 1. The molecule has 3 atom stereocenters. The predicted molar refractivity (Wildman–Crippen MR) is 137 cm³/mol. The van der Waals surface area contributed by atoms with Crippen LogP contribution in [0.15, 0.2) is 17.5 Å². The second-order valence-corrected chi connectivity index (χ2v) is 12.4. The number of halogens is 2. The lowest BCUT2D eigenvalue weighted by Gasteiger charge is -2.40. The highest BCUT2D eigenvalue weighted by Gasteiger charge is 2.42. The number of aromatic nitrogens is 3. The number of carbonyl (C=O) groups excluding carboxylic acids is 1. The van der Waals surface area contributed by atoms with E-state index in [4.69, 9.17) is 0 Å². The SMILES string of the molecule is Cc1nnc(C(C)C)n1C1CC2CCC(C1)N2CC[C@H](NC(=O)C1CCC(F)(F)CC1)c1cccs1. The third-order valence-electron chi connectivity index (χ3n) is 8.60. The molecule has 2 unspecified atom stereocenters. The van der Waals surface area contributed by atoms with Crippen molar-refractivity contribution in [3.8, 4) is 0 Å². The molecule has 0 spiro atoms. The Hall–Kier alpha value is -1.87. The van der Waals surface area contributed by atoms with Gasteiger partial charge in [-0.2, -0.15) is 0 Å². The molecule has 1 aliphatic carbocycles. The number of nitrogens with zero attached hydrogens (tertiary/aromatic N) is 4. The molecular formula is C27H39F2N5OS. The Morgan fingerprint density at radius 3 is 2.44 bits per heavy atom. The number of alkyl halides is 2. The Kier molecular flexibility index (Phi) is 7.50. The van der Waals surface area contributed by atoms with E-state index in [1.54, 1.807) is 11.3 Å². The molecule has 2 aromatic rings. The topological polar surface area (TPSA) is 63.1 Å². The molecule has 1 saturated carbocycles. The fourth-order valence-corrected chi connectivity index (χ4v) is 7.51. The van der Waals surface area contributed by atoms with Gasteiger partial charge in [0.25, 0.3) is 0 Å². The predicted octanol–water partition coefficient (Wildman–Crippen LogP) is 6.01. The number of carbonyl (C=O) groups is 1. The lowest BCUT2D eigenvalue weighted by atomic mass is 9.86. The molecule has 1 amide bonds. The lowest BCUT2D eigenvalue weighted by molar-refractivity contribution is -0.130. The fraction of sp³-hybridized carbons (Fsp3) is 0.741. The van der Waals surface area contributed by atoms with Crippen LogP contribution in [0, 0.1) is 12.8 Å². The molecule has 2 bridgehead atoms. The van der Waals surface area contributed by atoms with Crippen LogP contribution in [0.1, 0.15) is 106 Å². The zero-order valence-electron chi connectivity index (χ0n) is 21.6. The van der Waals surface area contributed by atoms with Crippen molar-refractivity contribution in [1.82, 2.24) is 25.0 Å². The van der Waals surface area contributed by atoms with Gasteiger partial charge in [-0.15, -0.1) is 21.5 Å². The van der Waals surface area contributed by atoms with E-state index in [1.807, 2.05) is 11.4 Å². The molecule has 2 saturated heterocycles. The van der Waals surface area contributed by atoms with Crippen LogP contribution in [0.4, 0.5) is 8.78 Å². The quantitative estimate of drug-likeness (QED) is 0.464. The number of hydrogen-bond donors (Lipinski definition) is 1. The third-order valence-corrected chi connectivity index (χ3v) is 9.59. The Morgan fingerprint density at radius 2 is 1.83 bits per heavy atom. The van der Waals surface area contributed by atoms with Crippen LogP contribution in [0.25, 0.3) is 0 Å². The maximum Gasteiger partial charge on any atom is 0.248 e. The molecule has 0 aromatic carbocycles. The fourth-order valence-electron chi connectivity index (χ4n) is 6.70. The van der Waals surface area contributed by atoms with Gasteiger partial charge in [-0.3, -0.25) is 9.69 Å². The Balaban J connectivity index is 1.22. The smallest absolute Gasteiger partial charge is 0.248 e. The molecule has 0 radical (unpaired) electrons. The van der Waals surface area contributed by atoms with Gasteiger partial charge in [0.2, 0.25) is 11.8 Å². The summed E-state index contributed by atoms with van der Waals surface area (Å²) in [7, 11) is 0. The summed E-state index contributed by atoms with van der Waals surface area (Å²) >= 11 is 1.66. The minimum Gasteiger partial charge on any atom is -0.348 e. The van der Waals surface area contributed by atoms with Gasteiger partial charge in [0.05, 0.1) is 6.04 Å². The van der Waals surface area contributed by atoms with Crippen molar-refractivity contribution in [3.05, 3.63) is 34.0 Å². The van der Waals surface area contributed by atoms with E-state index in [2.05, 4.69) is 51.8 Å². The Bertz CT molecular complexity index is 1020. The first kappa shape index (κ1) is 25.8. The van der Waals surface area contributed by atoms with Crippen LogP contribution >= 0.6 is 11.3 Å². The molecule has 36 heavy (non-hydrogen) atoms. The first-order valence-electron chi connectivity index (χ1n) is 13.6. The van der Waals surface area contributed by atoms with Gasteiger partial charge in [0, 0.05) is 54.2 Å². The van der Waals surface area contributed by atoms with Gasteiger partial charge >= 0.3 is 0 Å². The number of nitrogens with one attached hydrogen (secondary N) is 1. The van der Waals surface area contributed by atoms with E-state index in [0.717, 1.165) is 42.3 Å². The van der Waals surface area contributed by atoms with E-state index in [9.17, 15) is 13.6 Å². The van der Waals surface area contributed by atoms with E-state index in [1.165, 1.54) is 12.8 Å². The van der Waals surface area contributed by atoms with Crippen LogP contribution in [0.2, 0.25) is 0 Å². The lowest BCUT2D eigenvalue weighted by Crippen LogP contribution is -2.45. The number of piperidine rings is 1. The zero-order chi connectivity index (χ0) is 25.4. The summed E-state index contributed by atoms with van der Waals surface area (Å²) in [5.74, 6) is -0.524. The first-order valence-corrected chi connectivity index (χ1v) is 14.5. The standard InChI is InChI=1S/C27H39F2N5OS/c1-17(2)25-32-31-18(3)34(25)22-15-20-6-7-21(16-22)33(20)13-10-23(24-5-4-14-36-24)30-26(35)19-8-11-27(28,29)12-9-19/h4-5,14,17,19-23H,6-13,15-16H2,1-3H3,(H,30,35)/t20?,21?,22?,23-/m0/s1. The summed E-state index contributed by atoms with van der Waals surface area (Å²) in [6.45, 7) is 7.36. The largest absolute Gasteiger partial charge is 0.348 e. The molecule has 9 heteroatoms. The molecule has 4 heterocycles. The third kappa shape index (κ3) is 5.37. The maximum atomic E-state index is 13.6. The van der Waals surface area contributed by atoms with Crippen molar-refractivity contribution >= 4 is 17.2 Å². The van der Waals surface area contributed by atoms with Crippen molar-refractivity contribution < 1.29 is 13.6 Å². The van der Waals surface area contributed by atoms with E-state index < -0.39 is 5.92 Å². The van der Waals surface area contributed by atoms with Crippen molar-refractivity contribution in [2.75, 3.05) is 6.54 Å². The van der Waals surface area contributed by atoms with Crippen molar-refractivity contribution in [3.63, 3.8) is 0 Å². The highest BCUT2D eigenvalue weighted by atomic mass is 32.1. The van der Waals surface area contributed by atoms with Gasteiger partial charge < -0.3 is 9.88 Å². The summed E-state index contributed by atoms with van der Waals surface area (Å²) in [5.41, 5.74) is 0. The highest BCUT2D eigenvalue weighted by Crippen LogP contribution is 2.43. The maximum absolute atomic E-state index is 13.6. The van der Waals surface area contributed by atoms with Gasteiger partial charge in [-0.1, -0.05) is 19.9 Å². The van der Waals surface area contributed by atoms with Crippen molar-refractivity contribution in [1.29, 1.82) is 0 Å². The Morgan fingerprint density at radius 1 is 1.14 bits per heavy atom. The molecule has 3 fully saturated rings. The average molecular weight is 520 g/mol. The molecule has 198 valence electrons. The van der Waals surface area contributed by atoms with Crippen LogP contribution < -0.4 is 5.32 Å². The van der Waals surface area contributed by atoms with Crippen molar-refractivity contribution in [2.24, 2.45) is 5.92 Å². The van der Waals surface area contributed by atoms with Gasteiger partial charge in [0.1, 0.15) is 11.6 Å². The van der Waals surface area contributed by atoms with E-state index >= 15 is 0 Å². The van der Waals surface area contributed by atoms with Gasteiger partial charge in [-0.25, -0.2) is 8.78 Å². The highest BCUT2D eigenvalue weighted by molar-refractivity contribution is 7.10. The van der Waals surface area contributed by atoms with Crippen molar-refractivity contribution in [2.45, 2.75) is 115 Å². The number of hydrogen-bond acceptors (Lipinski definition) is 5. The van der Waals surface area contributed by atoms with Crippen LogP contribution in [0.5, 0.6) is 0 Å². The van der Waals surface area contributed by atoms with Crippen LogP contribution in [-0.4, -0.2) is 50.1 Å². The average Bonchev–Trinajstić information content (AvgIpc) is 3.55. The molecule has 2 aliphatic heterocycles. The summed E-state index contributed by atoms with van der Waals surface area (Å²) < 4.78 is 29.6. The summed E-state index contributed by atoms with van der Waals surface area (Å²) in [4.78, 5) is 16.8. The number of rotatable bonds is 8. The van der Waals surface area contributed by atoms with Crippen LogP contribution in [0.3, 0.4) is 0 Å². The normalized spacial score (nSPS) is 27.4. The van der Waals surface area contributed by atoms with Gasteiger partial charge in [-0.05, 0) is 63.3 Å². The second kappa shape index (κ2) is 10.5. The number of thiophene rings is 1. The molecule has 1 N–H and O–H groups in total. The zero-order valence-corrected chi connectivity index (χ0v) is 22.4. The number of fused-ring (bicyclic) bond motifs is 2.